The van der Waals surface area contributed by atoms with E-state index in [2.05, 4.69) is 15.3 Å². The first-order valence-corrected chi connectivity index (χ1v) is 7.82. The van der Waals surface area contributed by atoms with Crippen molar-refractivity contribution < 1.29 is 9.90 Å². The van der Waals surface area contributed by atoms with Gasteiger partial charge >= 0.3 is 0 Å². The van der Waals surface area contributed by atoms with Gasteiger partial charge in [-0.25, -0.2) is 9.97 Å². The summed E-state index contributed by atoms with van der Waals surface area (Å²) in [6.07, 6.45) is 1.64. The van der Waals surface area contributed by atoms with E-state index in [9.17, 15) is 9.90 Å². The molecule has 0 spiro atoms. The van der Waals surface area contributed by atoms with Crippen LogP contribution in [0.4, 0.5) is 0 Å². The van der Waals surface area contributed by atoms with Gasteiger partial charge in [0.2, 0.25) is 0 Å². The normalized spacial score (nSPS) is 20.0. The number of nitrogens with zero attached hydrogens (tertiary/aromatic N) is 2. The molecule has 1 aromatic carbocycles. The number of aliphatic hydroxyl groups excluding tert-OH is 1. The highest BCUT2D eigenvalue weighted by Crippen LogP contribution is 2.31. The van der Waals surface area contributed by atoms with Crippen molar-refractivity contribution >= 4 is 27.6 Å². The molecule has 0 radical (unpaired) electrons. The Morgan fingerprint density at radius 1 is 1.27 bits per heavy atom. The minimum absolute atomic E-state index is 0.264. The second-order valence-corrected chi connectivity index (χ2v) is 6.25. The number of hydrogen-bond acceptors (Lipinski definition) is 5. The number of hydrogen-bond donors (Lipinski definition) is 2. The van der Waals surface area contributed by atoms with Crippen LogP contribution < -0.4 is 5.32 Å². The van der Waals surface area contributed by atoms with Crippen LogP contribution in [0.5, 0.6) is 0 Å². The third kappa shape index (κ3) is 2.17. The Balaban J connectivity index is 1.55. The summed E-state index contributed by atoms with van der Waals surface area (Å²) >= 11 is 1.26. The van der Waals surface area contributed by atoms with E-state index in [4.69, 9.17) is 0 Å². The van der Waals surface area contributed by atoms with Crippen LogP contribution in [0.3, 0.4) is 0 Å². The zero-order chi connectivity index (χ0) is 15.1. The van der Waals surface area contributed by atoms with Crippen LogP contribution >= 0.6 is 11.3 Å². The second kappa shape index (κ2) is 5.15. The van der Waals surface area contributed by atoms with Crippen molar-refractivity contribution in [2.24, 2.45) is 0 Å². The third-order valence-corrected chi connectivity index (χ3v) is 4.85. The van der Waals surface area contributed by atoms with Gasteiger partial charge in [-0.3, -0.25) is 4.79 Å². The number of amides is 1. The molecule has 0 saturated heterocycles. The van der Waals surface area contributed by atoms with E-state index in [1.165, 1.54) is 11.3 Å². The molecule has 4 rings (SSSR count). The number of pyridine rings is 1. The van der Waals surface area contributed by atoms with Crippen LogP contribution in [0.1, 0.15) is 27.0 Å². The van der Waals surface area contributed by atoms with Crippen LogP contribution in [0.15, 0.2) is 42.6 Å². The SMILES string of the molecule is O=C(N[C@@H]1Cc2ccccc2[C@@H]1O)c1nc2cccnc2s1. The molecule has 110 valence electrons. The summed E-state index contributed by atoms with van der Waals surface area (Å²) in [5.74, 6) is -0.264. The molecule has 2 heterocycles. The zero-order valence-corrected chi connectivity index (χ0v) is 12.4. The number of aliphatic hydroxyl groups is 1. The molecule has 0 aliphatic heterocycles. The lowest BCUT2D eigenvalue weighted by Crippen LogP contribution is -2.37. The Labute approximate surface area is 130 Å². The Morgan fingerprint density at radius 2 is 2.14 bits per heavy atom. The highest BCUT2D eigenvalue weighted by molar-refractivity contribution is 7.19. The number of carbonyl (C=O) groups is 1. The fourth-order valence-corrected chi connectivity index (χ4v) is 3.61. The van der Waals surface area contributed by atoms with Crippen molar-refractivity contribution in [1.82, 2.24) is 15.3 Å². The number of nitrogens with one attached hydrogen (secondary N) is 1. The number of benzene rings is 1. The van der Waals surface area contributed by atoms with Crippen LogP contribution in [0.2, 0.25) is 0 Å². The smallest absolute Gasteiger partial charge is 0.280 e. The first kappa shape index (κ1) is 13.4. The maximum Gasteiger partial charge on any atom is 0.280 e. The molecule has 1 amide bonds. The van der Waals surface area contributed by atoms with E-state index < -0.39 is 6.10 Å². The Kier molecular flexibility index (Phi) is 3.13. The zero-order valence-electron chi connectivity index (χ0n) is 11.6. The monoisotopic (exact) mass is 311 g/mol. The summed E-state index contributed by atoms with van der Waals surface area (Å²) in [6.45, 7) is 0. The average Bonchev–Trinajstić information content (AvgIpc) is 3.10. The topological polar surface area (TPSA) is 75.1 Å². The molecule has 22 heavy (non-hydrogen) atoms. The van der Waals surface area contributed by atoms with Gasteiger partial charge in [-0.05, 0) is 29.7 Å². The average molecular weight is 311 g/mol. The van der Waals surface area contributed by atoms with Crippen LogP contribution in [0.25, 0.3) is 10.3 Å². The first-order valence-electron chi connectivity index (χ1n) is 7.00. The minimum atomic E-state index is -0.673. The molecule has 0 bridgehead atoms. The molecule has 6 heteroatoms. The number of fused-ring (bicyclic) bond motifs is 2. The molecule has 1 aliphatic carbocycles. The lowest BCUT2D eigenvalue weighted by atomic mass is 10.1. The summed E-state index contributed by atoms with van der Waals surface area (Å²) in [5.41, 5.74) is 2.68. The van der Waals surface area contributed by atoms with Gasteiger partial charge < -0.3 is 10.4 Å². The summed E-state index contributed by atoms with van der Waals surface area (Å²) in [6, 6.07) is 11.0. The molecule has 2 aromatic heterocycles. The molecule has 3 aromatic rings. The lowest BCUT2D eigenvalue weighted by Gasteiger charge is -2.15. The summed E-state index contributed by atoms with van der Waals surface area (Å²) in [4.78, 5) is 21.6. The summed E-state index contributed by atoms with van der Waals surface area (Å²) in [7, 11) is 0. The van der Waals surface area contributed by atoms with Gasteiger partial charge in [-0.2, -0.15) is 0 Å². The van der Waals surface area contributed by atoms with E-state index in [-0.39, 0.29) is 11.9 Å². The molecule has 0 unspecified atom stereocenters. The van der Waals surface area contributed by atoms with E-state index in [0.29, 0.717) is 16.9 Å². The summed E-state index contributed by atoms with van der Waals surface area (Å²) in [5, 5.41) is 13.6. The molecule has 0 fully saturated rings. The standard InChI is InChI=1S/C16H13N3O2S/c20-13-10-5-2-1-4-9(10)8-12(13)18-14(21)16-19-11-6-3-7-17-15(11)22-16/h1-7,12-13,20H,8H2,(H,18,21)/t12-,13+/m1/s1. The Morgan fingerprint density at radius 3 is 2.95 bits per heavy atom. The Bertz CT molecular complexity index is 828. The number of rotatable bonds is 2. The van der Waals surface area contributed by atoms with Gasteiger partial charge in [0.1, 0.15) is 10.3 Å². The maximum absolute atomic E-state index is 12.4. The molecule has 5 nitrogen and oxygen atoms in total. The van der Waals surface area contributed by atoms with Gasteiger partial charge in [0, 0.05) is 6.20 Å². The molecular weight excluding hydrogens is 298 g/mol. The summed E-state index contributed by atoms with van der Waals surface area (Å²) < 4.78 is 0. The van der Waals surface area contributed by atoms with Crippen LogP contribution in [0, 0.1) is 0 Å². The largest absolute Gasteiger partial charge is 0.386 e. The number of carbonyl (C=O) groups excluding carboxylic acids is 1. The van der Waals surface area contributed by atoms with Gasteiger partial charge in [-0.1, -0.05) is 35.6 Å². The first-order chi connectivity index (χ1) is 10.7. The maximum atomic E-state index is 12.4. The molecule has 2 atom stereocenters. The van der Waals surface area contributed by atoms with E-state index in [1.54, 1.807) is 12.3 Å². The Hall–Kier alpha value is -2.31. The fraction of sp³-hybridized carbons (Fsp3) is 0.188. The van der Waals surface area contributed by atoms with E-state index >= 15 is 0 Å². The van der Waals surface area contributed by atoms with Crippen molar-refractivity contribution in [3.63, 3.8) is 0 Å². The van der Waals surface area contributed by atoms with Gasteiger partial charge in [0.05, 0.1) is 12.1 Å². The van der Waals surface area contributed by atoms with Crippen molar-refractivity contribution in [2.75, 3.05) is 0 Å². The van der Waals surface area contributed by atoms with Crippen molar-refractivity contribution in [1.29, 1.82) is 0 Å². The number of thiazole rings is 1. The second-order valence-electron chi connectivity index (χ2n) is 5.27. The van der Waals surface area contributed by atoms with E-state index in [0.717, 1.165) is 16.0 Å². The quantitative estimate of drug-likeness (QED) is 0.760. The third-order valence-electron chi connectivity index (χ3n) is 3.87. The van der Waals surface area contributed by atoms with Crippen LogP contribution in [-0.2, 0) is 6.42 Å². The van der Waals surface area contributed by atoms with Crippen molar-refractivity contribution in [3.8, 4) is 0 Å². The van der Waals surface area contributed by atoms with E-state index in [1.807, 2.05) is 30.3 Å². The van der Waals surface area contributed by atoms with Gasteiger partial charge in [0.25, 0.3) is 5.91 Å². The molecule has 1 aliphatic rings. The molecular formula is C16H13N3O2S. The number of aromatic nitrogens is 2. The predicted octanol–water partition coefficient (Wildman–Crippen LogP) is 2.08. The lowest BCUT2D eigenvalue weighted by molar-refractivity contribution is 0.0858. The van der Waals surface area contributed by atoms with Crippen molar-refractivity contribution in [2.45, 2.75) is 18.6 Å². The van der Waals surface area contributed by atoms with Crippen LogP contribution in [-0.4, -0.2) is 27.0 Å². The highest BCUT2D eigenvalue weighted by Gasteiger charge is 2.32. The molecule has 0 saturated carbocycles. The predicted molar refractivity (Wildman–Crippen MR) is 83.8 cm³/mol. The molecule has 2 N–H and O–H groups in total. The fourth-order valence-electron chi connectivity index (χ4n) is 2.80. The minimum Gasteiger partial charge on any atom is -0.386 e. The van der Waals surface area contributed by atoms with Gasteiger partial charge in [-0.15, -0.1) is 0 Å². The van der Waals surface area contributed by atoms with Crippen molar-refractivity contribution in [3.05, 3.63) is 58.7 Å². The highest BCUT2D eigenvalue weighted by atomic mass is 32.1. The van der Waals surface area contributed by atoms with Gasteiger partial charge in [0.15, 0.2) is 5.01 Å².